The lowest BCUT2D eigenvalue weighted by molar-refractivity contribution is 0.111. The maximum Gasteiger partial charge on any atom is 0.153 e. The van der Waals surface area contributed by atoms with E-state index >= 15 is 0 Å². The molecule has 0 amide bonds. The molecule has 0 bridgehead atoms. The lowest BCUT2D eigenvalue weighted by atomic mass is 10.2. The number of benzene rings is 1. The highest BCUT2D eigenvalue weighted by Crippen LogP contribution is 2.28. The SMILES string of the molecule is Cc1nonc1COc1c(Cl)cccc1C=O. The van der Waals surface area contributed by atoms with Crippen LogP contribution < -0.4 is 4.74 Å². The standard InChI is InChI=1S/C11H9ClN2O3/c1-7-10(14-17-13-7)6-16-11-8(5-15)3-2-4-9(11)12/h2-5H,6H2,1H3. The van der Waals surface area contributed by atoms with Crippen molar-refractivity contribution in [3.05, 3.63) is 40.2 Å². The predicted octanol–water partition coefficient (Wildman–Crippen LogP) is 2.42. The Morgan fingerprint density at radius 1 is 1.47 bits per heavy atom. The van der Waals surface area contributed by atoms with Crippen molar-refractivity contribution in [3.63, 3.8) is 0 Å². The monoisotopic (exact) mass is 252 g/mol. The molecule has 0 atom stereocenters. The summed E-state index contributed by atoms with van der Waals surface area (Å²) in [7, 11) is 0. The number of aldehydes is 1. The minimum atomic E-state index is 0.153. The van der Waals surface area contributed by atoms with Crippen LogP contribution in [0.3, 0.4) is 0 Å². The maximum atomic E-state index is 10.8. The first-order valence-electron chi connectivity index (χ1n) is 4.87. The largest absolute Gasteiger partial charge is 0.485 e. The summed E-state index contributed by atoms with van der Waals surface area (Å²) in [5.74, 6) is 0.339. The fraction of sp³-hybridized carbons (Fsp3) is 0.182. The number of aromatic nitrogens is 2. The lowest BCUT2D eigenvalue weighted by Gasteiger charge is -2.08. The van der Waals surface area contributed by atoms with Gasteiger partial charge in [-0.2, -0.15) is 0 Å². The summed E-state index contributed by atoms with van der Waals surface area (Å²) in [6.07, 6.45) is 0.690. The van der Waals surface area contributed by atoms with Gasteiger partial charge in [0.15, 0.2) is 6.29 Å². The molecule has 17 heavy (non-hydrogen) atoms. The Hall–Kier alpha value is -1.88. The molecule has 0 saturated carbocycles. The van der Waals surface area contributed by atoms with E-state index in [1.165, 1.54) is 0 Å². The summed E-state index contributed by atoms with van der Waals surface area (Å²) in [5, 5.41) is 7.68. The van der Waals surface area contributed by atoms with E-state index in [1.807, 2.05) is 0 Å². The van der Waals surface area contributed by atoms with Gasteiger partial charge in [0.2, 0.25) is 0 Å². The molecule has 1 aromatic heterocycles. The molecule has 6 heteroatoms. The minimum Gasteiger partial charge on any atom is -0.485 e. The van der Waals surface area contributed by atoms with Crippen LogP contribution in [0.15, 0.2) is 22.8 Å². The predicted molar refractivity (Wildman–Crippen MR) is 60.2 cm³/mol. The van der Waals surface area contributed by atoms with E-state index < -0.39 is 0 Å². The Kier molecular flexibility index (Phi) is 3.39. The number of hydrogen-bond acceptors (Lipinski definition) is 5. The van der Waals surface area contributed by atoms with E-state index in [0.717, 1.165) is 0 Å². The Labute approximate surface area is 102 Å². The molecule has 0 fully saturated rings. The van der Waals surface area contributed by atoms with Gasteiger partial charge in [0.1, 0.15) is 23.7 Å². The number of ether oxygens (including phenoxy) is 1. The van der Waals surface area contributed by atoms with Crippen molar-refractivity contribution in [2.75, 3.05) is 0 Å². The van der Waals surface area contributed by atoms with Gasteiger partial charge in [-0.3, -0.25) is 4.79 Å². The van der Waals surface area contributed by atoms with Crippen molar-refractivity contribution in [2.45, 2.75) is 13.5 Å². The van der Waals surface area contributed by atoms with E-state index in [2.05, 4.69) is 14.9 Å². The fourth-order valence-electron chi connectivity index (χ4n) is 1.29. The average molecular weight is 253 g/mol. The first-order valence-corrected chi connectivity index (χ1v) is 5.24. The van der Waals surface area contributed by atoms with Gasteiger partial charge in [-0.1, -0.05) is 28.0 Å². The zero-order valence-corrected chi connectivity index (χ0v) is 9.77. The minimum absolute atomic E-state index is 0.153. The van der Waals surface area contributed by atoms with Crippen LogP contribution in [0, 0.1) is 6.92 Å². The van der Waals surface area contributed by atoms with E-state index in [0.29, 0.717) is 34.0 Å². The van der Waals surface area contributed by atoms with Gasteiger partial charge >= 0.3 is 0 Å². The third kappa shape index (κ3) is 2.45. The molecule has 0 spiro atoms. The van der Waals surface area contributed by atoms with Gasteiger partial charge < -0.3 is 4.74 Å². The number of hydrogen-bond donors (Lipinski definition) is 0. The van der Waals surface area contributed by atoms with E-state index in [-0.39, 0.29) is 6.61 Å². The van der Waals surface area contributed by atoms with Crippen LogP contribution >= 0.6 is 11.6 Å². The summed E-state index contributed by atoms with van der Waals surface area (Å²) in [6.45, 7) is 1.91. The summed E-state index contributed by atoms with van der Waals surface area (Å²) < 4.78 is 10.00. The number of rotatable bonds is 4. The highest BCUT2D eigenvalue weighted by Gasteiger charge is 2.11. The van der Waals surface area contributed by atoms with Gasteiger partial charge in [-0.25, -0.2) is 4.63 Å². The summed E-state index contributed by atoms with van der Waals surface area (Å²) in [5.41, 5.74) is 1.61. The normalized spacial score (nSPS) is 10.2. The molecule has 0 N–H and O–H groups in total. The summed E-state index contributed by atoms with van der Waals surface area (Å²) >= 11 is 5.94. The second-order valence-electron chi connectivity index (χ2n) is 3.36. The zero-order chi connectivity index (χ0) is 12.3. The number of halogens is 1. The van der Waals surface area contributed by atoms with Crippen LogP contribution in [0.1, 0.15) is 21.7 Å². The molecule has 0 aliphatic rings. The quantitative estimate of drug-likeness (QED) is 0.782. The fourth-order valence-corrected chi connectivity index (χ4v) is 1.53. The first kappa shape index (κ1) is 11.6. The topological polar surface area (TPSA) is 65.2 Å². The van der Waals surface area contributed by atoms with Crippen molar-refractivity contribution in [2.24, 2.45) is 0 Å². The molecule has 2 rings (SSSR count). The van der Waals surface area contributed by atoms with Crippen molar-refractivity contribution < 1.29 is 14.2 Å². The maximum absolute atomic E-state index is 10.8. The van der Waals surface area contributed by atoms with Gasteiger partial charge in [-0.05, 0) is 19.1 Å². The Balaban J connectivity index is 2.19. The van der Waals surface area contributed by atoms with E-state index in [4.69, 9.17) is 16.3 Å². The molecular formula is C11H9ClN2O3. The molecule has 0 aliphatic carbocycles. The molecule has 0 saturated heterocycles. The number of carbonyl (C=O) groups is 1. The molecule has 0 unspecified atom stereocenters. The van der Waals surface area contributed by atoms with Crippen molar-refractivity contribution in [1.29, 1.82) is 0 Å². The molecule has 2 aromatic rings. The molecule has 1 aromatic carbocycles. The van der Waals surface area contributed by atoms with Crippen molar-refractivity contribution in [3.8, 4) is 5.75 Å². The van der Waals surface area contributed by atoms with Crippen LogP contribution in [-0.4, -0.2) is 16.6 Å². The lowest BCUT2D eigenvalue weighted by Crippen LogP contribution is -2.00. The number of nitrogens with zero attached hydrogens (tertiary/aromatic N) is 2. The van der Waals surface area contributed by atoms with Crippen LogP contribution in [0.5, 0.6) is 5.75 Å². The van der Waals surface area contributed by atoms with Crippen LogP contribution in [-0.2, 0) is 6.61 Å². The van der Waals surface area contributed by atoms with Crippen LogP contribution in [0.25, 0.3) is 0 Å². The molecule has 0 radical (unpaired) electrons. The van der Waals surface area contributed by atoms with Gasteiger partial charge in [0, 0.05) is 0 Å². The van der Waals surface area contributed by atoms with E-state index in [9.17, 15) is 4.79 Å². The van der Waals surface area contributed by atoms with E-state index in [1.54, 1.807) is 25.1 Å². The zero-order valence-electron chi connectivity index (χ0n) is 9.01. The summed E-state index contributed by atoms with van der Waals surface area (Å²) in [6, 6.07) is 4.96. The van der Waals surface area contributed by atoms with Crippen LogP contribution in [0.4, 0.5) is 0 Å². The highest BCUT2D eigenvalue weighted by atomic mass is 35.5. The second-order valence-corrected chi connectivity index (χ2v) is 3.77. The third-order valence-electron chi connectivity index (χ3n) is 2.22. The number of para-hydroxylation sites is 1. The summed E-state index contributed by atoms with van der Waals surface area (Å²) in [4.78, 5) is 10.8. The van der Waals surface area contributed by atoms with Gasteiger partial charge in [0.05, 0.1) is 10.6 Å². The second kappa shape index (κ2) is 4.97. The Morgan fingerprint density at radius 2 is 2.29 bits per heavy atom. The molecule has 88 valence electrons. The molecular weight excluding hydrogens is 244 g/mol. The van der Waals surface area contributed by atoms with Gasteiger partial charge in [0.25, 0.3) is 0 Å². The van der Waals surface area contributed by atoms with Crippen LogP contribution in [0.2, 0.25) is 5.02 Å². The third-order valence-corrected chi connectivity index (χ3v) is 2.52. The smallest absolute Gasteiger partial charge is 0.153 e. The first-order chi connectivity index (χ1) is 8.22. The number of carbonyl (C=O) groups excluding carboxylic acids is 1. The average Bonchev–Trinajstić information content (AvgIpc) is 2.73. The molecule has 5 nitrogen and oxygen atoms in total. The van der Waals surface area contributed by atoms with Crippen molar-refractivity contribution >= 4 is 17.9 Å². The Morgan fingerprint density at radius 3 is 2.94 bits per heavy atom. The highest BCUT2D eigenvalue weighted by molar-refractivity contribution is 6.32. The van der Waals surface area contributed by atoms with Gasteiger partial charge in [-0.15, -0.1) is 0 Å². The number of aryl methyl sites for hydroxylation is 1. The Bertz CT molecular complexity index is 539. The molecule has 1 heterocycles. The molecule has 0 aliphatic heterocycles. The van der Waals surface area contributed by atoms with Crippen molar-refractivity contribution in [1.82, 2.24) is 10.3 Å².